The van der Waals surface area contributed by atoms with E-state index in [0.717, 1.165) is 22.5 Å². The first kappa shape index (κ1) is 18.1. The van der Waals surface area contributed by atoms with Crippen LogP contribution in [-0.4, -0.2) is 11.8 Å². The summed E-state index contributed by atoms with van der Waals surface area (Å²) >= 11 is 0. The minimum atomic E-state index is -0.418. The van der Waals surface area contributed by atoms with E-state index in [1.54, 1.807) is 6.08 Å². The van der Waals surface area contributed by atoms with E-state index in [1.165, 1.54) is 0 Å². The highest BCUT2D eigenvalue weighted by atomic mass is 16.1. The zero-order valence-corrected chi connectivity index (χ0v) is 15.3. The van der Waals surface area contributed by atoms with Crippen LogP contribution in [0.5, 0.6) is 0 Å². The summed E-state index contributed by atoms with van der Waals surface area (Å²) in [5, 5.41) is 3.38. The van der Waals surface area contributed by atoms with Gasteiger partial charge in [-0.2, -0.15) is 5.53 Å². The number of ketones is 1. The minimum Gasteiger partial charge on any atom is -0.355 e. The number of hydrogen-bond acceptors (Lipinski definition) is 5. The van der Waals surface area contributed by atoms with Gasteiger partial charge in [0.25, 0.3) is 0 Å². The highest BCUT2D eigenvalue weighted by Crippen LogP contribution is 2.23. The third-order valence-corrected chi connectivity index (χ3v) is 4.68. The molecule has 4 rings (SSSR count). The van der Waals surface area contributed by atoms with Gasteiger partial charge in [-0.3, -0.25) is 4.79 Å². The van der Waals surface area contributed by atoms with E-state index in [4.69, 9.17) is 0 Å². The first-order valence-electron chi connectivity index (χ1n) is 9.25. The molecule has 3 aromatic rings. The van der Waals surface area contributed by atoms with Gasteiger partial charge in [-0.05, 0) is 23.3 Å². The zero-order valence-electron chi connectivity index (χ0n) is 15.3. The van der Waals surface area contributed by atoms with Crippen molar-refractivity contribution in [3.05, 3.63) is 108 Å². The lowest BCUT2D eigenvalue weighted by atomic mass is 9.96. The van der Waals surface area contributed by atoms with Gasteiger partial charge >= 0.3 is 0 Å². The first-order valence-corrected chi connectivity index (χ1v) is 9.25. The number of carbonyl (C=O) groups is 1. The summed E-state index contributed by atoms with van der Waals surface area (Å²) in [6.45, 7) is 0. The van der Waals surface area contributed by atoms with Crippen molar-refractivity contribution in [2.45, 2.75) is 12.1 Å². The number of rotatable bonds is 6. The summed E-state index contributed by atoms with van der Waals surface area (Å²) in [5.41, 5.74) is 12.8. The smallest absolute Gasteiger partial charge is 0.178 e. The maximum absolute atomic E-state index is 13.1. The Hall–Kier alpha value is -3.25. The molecule has 140 valence electrons. The van der Waals surface area contributed by atoms with Crippen molar-refractivity contribution < 1.29 is 4.79 Å². The molecule has 0 bridgehead atoms. The number of nitrogens with one attached hydrogen (secondary N) is 4. The van der Waals surface area contributed by atoms with Crippen LogP contribution in [-0.2, 0) is 4.79 Å². The lowest BCUT2D eigenvalue weighted by Gasteiger charge is -2.17. The van der Waals surface area contributed by atoms with Crippen molar-refractivity contribution in [1.82, 2.24) is 16.4 Å². The number of para-hydroxylation sites is 1. The summed E-state index contributed by atoms with van der Waals surface area (Å²) < 4.78 is 0. The topological polar surface area (TPSA) is 65.2 Å². The molecule has 28 heavy (non-hydrogen) atoms. The van der Waals surface area contributed by atoms with Gasteiger partial charge in [0.2, 0.25) is 0 Å². The van der Waals surface area contributed by atoms with Crippen LogP contribution in [0.2, 0.25) is 0 Å². The fourth-order valence-corrected chi connectivity index (χ4v) is 3.25. The Labute approximate surface area is 164 Å². The van der Waals surface area contributed by atoms with Gasteiger partial charge in [0.05, 0.1) is 6.04 Å². The normalized spacial score (nSPS) is 19.4. The van der Waals surface area contributed by atoms with Crippen LogP contribution >= 0.6 is 0 Å². The van der Waals surface area contributed by atoms with Crippen LogP contribution in [0.1, 0.15) is 17.2 Å². The second-order valence-electron chi connectivity index (χ2n) is 6.60. The molecule has 5 heteroatoms. The summed E-state index contributed by atoms with van der Waals surface area (Å²) in [6, 6.07) is 29.1. The SMILES string of the molecule is O=C(C=C(Nc1ccccc1)c1ccccc1)C1NNNC1c1ccccc1. The fourth-order valence-electron chi connectivity index (χ4n) is 3.25. The average Bonchev–Trinajstić information content (AvgIpc) is 3.25. The Morgan fingerprint density at radius 1 is 0.786 bits per heavy atom. The predicted molar refractivity (Wildman–Crippen MR) is 112 cm³/mol. The van der Waals surface area contributed by atoms with Gasteiger partial charge in [0.1, 0.15) is 6.04 Å². The van der Waals surface area contributed by atoms with E-state index in [2.05, 4.69) is 21.7 Å². The summed E-state index contributed by atoms with van der Waals surface area (Å²) in [7, 11) is 0. The van der Waals surface area contributed by atoms with Crippen LogP contribution in [0.25, 0.3) is 5.70 Å². The molecule has 1 aliphatic heterocycles. The second-order valence-corrected chi connectivity index (χ2v) is 6.60. The van der Waals surface area contributed by atoms with Gasteiger partial charge in [-0.15, -0.1) is 0 Å². The second kappa shape index (κ2) is 8.63. The van der Waals surface area contributed by atoms with Crippen molar-refractivity contribution in [3.63, 3.8) is 0 Å². The van der Waals surface area contributed by atoms with Crippen molar-refractivity contribution in [3.8, 4) is 0 Å². The number of anilines is 1. The maximum Gasteiger partial charge on any atom is 0.178 e. The summed E-state index contributed by atoms with van der Waals surface area (Å²) in [4.78, 5) is 13.1. The molecule has 0 aliphatic carbocycles. The van der Waals surface area contributed by atoms with E-state index in [0.29, 0.717) is 0 Å². The molecule has 4 N–H and O–H groups in total. The predicted octanol–water partition coefficient (Wildman–Crippen LogP) is 3.43. The van der Waals surface area contributed by atoms with Gasteiger partial charge in [0.15, 0.2) is 5.78 Å². The Balaban J connectivity index is 1.63. The molecular weight excluding hydrogens is 348 g/mol. The molecule has 0 radical (unpaired) electrons. The van der Waals surface area contributed by atoms with Crippen LogP contribution in [0, 0.1) is 0 Å². The lowest BCUT2D eigenvalue weighted by molar-refractivity contribution is -0.116. The van der Waals surface area contributed by atoms with E-state index in [9.17, 15) is 4.79 Å². The molecule has 2 atom stereocenters. The molecule has 0 aromatic heterocycles. The van der Waals surface area contributed by atoms with Gasteiger partial charge in [-0.25, -0.2) is 10.9 Å². The molecule has 1 saturated heterocycles. The zero-order chi connectivity index (χ0) is 19.2. The highest BCUT2D eigenvalue weighted by Gasteiger charge is 2.32. The number of benzene rings is 3. The molecule has 1 heterocycles. The maximum atomic E-state index is 13.1. The molecule has 0 saturated carbocycles. The number of hydrazine groups is 2. The molecule has 1 aliphatic rings. The van der Waals surface area contributed by atoms with E-state index in [1.807, 2.05) is 91.0 Å². The third kappa shape index (κ3) is 4.18. The molecule has 3 aromatic carbocycles. The Morgan fingerprint density at radius 2 is 1.39 bits per heavy atom. The standard InChI is InChI=1S/C23H22N4O/c28-21(23-22(25-27-26-23)18-12-6-2-7-13-18)16-20(17-10-4-1-5-11-17)24-19-14-8-3-9-15-19/h1-16,22-27H. The minimum absolute atomic E-state index is 0.0198. The molecule has 1 fully saturated rings. The molecule has 2 unspecified atom stereocenters. The van der Waals surface area contributed by atoms with Crippen molar-refractivity contribution in [1.29, 1.82) is 0 Å². The van der Waals surface area contributed by atoms with Crippen LogP contribution < -0.4 is 21.7 Å². The van der Waals surface area contributed by atoms with Crippen molar-refractivity contribution in [2.75, 3.05) is 5.32 Å². The Morgan fingerprint density at radius 3 is 2.07 bits per heavy atom. The summed E-state index contributed by atoms with van der Waals surface area (Å²) in [5.74, 6) is -0.0198. The van der Waals surface area contributed by atoms with Crippen molar-refractivity contribution >= 4 is 17.2 Å². The summed E-state index contributed by atoms with van der Waals surface area (Å²) in [6.07, 6.45) is 1.67. The quantitative estimate of drug-likeness (QED) is 0.501. The van der Waals surface area contributed by atoms with Gasteiger partial charge < -0.3 is 5.32 Å². The molecule has 0 amide bonds. The number of hydrogen-bond donors (Lipinski definition) is 4. The van der Waals surface area contributed by atoms with E-state index in [-0.39, 0.29) is 11.8 Å². The molecule has 0 spiro atoms. The van der Waals surface area contributed by atoms with Crippen molar-refractivity contribution in [2.24, 2.45) is 0 Å². The monoisotopic (exact) mass is 370 g/mol. The molecular formula is C23H22N4O. The third-order valence-electron chi connectivity index (χ3n) is 4.68. The lowest BCUT2D eigenvalue weighted by Crippen LogP contribution is -2.37. The van der Waals surface area contributed by atoms with Crippen LogP contribution in [0.3, 0.4) is 0 Å². The Bertz CT molecular complexity index is 942. The largest absolute Gasteiger partial charge is 0.355 e. The van der Waals surface area contributed by atoms with E-state index >= 15 is 0 Å². The number of carbonyl (C=O) groups excluding carboxylic acids is 1. The van der Waals surface area contributed by atoms with Gasteiger partial charge in [0, 0.05) is 17.5 Å². The Kier molecular flexibility index (Phi) is 5.58. The first-order chi connectivity index (χ1) is 13.8. The van der Waals surface area contributed by atoms with Gasteiger partial charge in [-0.1, -0.05) is 78.9 Å². The fraction of sp³-hybridized carbons (Fsp3) is 0.0870. The van der Waals surface area contributed by atoms with Crippen LogP contribution in [0.15, 0.2) is 97.1 Å². The van der Waals surface area contributed by atoms with E-state index < -0.39 is 6.04 Å². The average molecular weight is 370 g/mol. The highest BCUT2D eigenvalue weighted by molar-refractivity contribution is 6.02. The molecule has 5 nitrogen and oxygen atoms in total. The van der Waals surface area contributed by atoms with Crippen LogP contribution in [0.4, 0.5) is 5.69 Å².